The Balaban J connectivity index is 1.93. The van der Waals surface area contributed by atoms with Gasteiger partial charge in [0.1, 0.15) is 0 Å². The second-order valence-corrected chi connectivity index (χ2v) is 6.24. The minimum atomic E-state index is -0.530. The van der Waals surface area contributed by atoms with Gasteiger partial charge in [0.25, 0.3) is 0 Å². The highest BCUT2D eigenvalue weighted by atomic mass is 16.2. The summed E-state index contributed by atoms with van der Waals surface area (Å²) >= 11 is 0. The van der Waals surface area contributed by atoms with Gasteiger partial charge in [-0.2, -0.15) is 0 Å². The molecule has 0 aliphatic heterocycles. The van der Waals surface area contributed by atoms with Gasteiger partial charge in [-0.1, -0.05) is 68.4 Å². The van der Waals surface area contributed by atoms with Crippen molar-refractivity contribution in [1.29, 1.82) is 0 Å². The molecule has 0 aromatic heterocycles. The second kappa shape index (κ2) is 9.97. The van der Waals surface area contributed by atoms with Crippen LogP contribution in [-0.4, -0.2) is 29.9 Å². The SMILES string of the molecule is CCN(CC)Cc1ccccc1CNC(=O)[C@@H](N)Cc1ccccc1. The number of carbonyl (C=O) groups is 1. The van der Waals surface area contributed by atoms with E-state index in [4.69, 9.17) is 5.73 Å². The lowest BCUT2D eigenvalue weighted by atomic mass is 10.0. The molecule has 0 saturated carbocycles. The molecule has 0 heterocycles. The zero-order chi connectivity index (χ0) is 18.1. The first-order chi connectivity index (χ1) is 12.1. The Kier molecular flexibility index (Phi) is 7.64. The lowest BCUT2D eigenvalue weighted by molar-refractivity contribution is -0.122. The number of nitrogens with one attached hydrogen (secondary N) is 1. The van der Waals surface area contributed by atoms with Crippen molar-refractivity contribution in [1.82, 2.24) is 10.2 Å². The van der Waals surface area contributed by atoms with Crippen LogP contribution in [0.2, 0.25) is 0 Å². The Morgan fingerprint density at radius 1 is 1.00 bits per heavy atom. The Morgan fingerprint density at radius 2 is 1.60 bits per heavy atom. The van der Waals surface area contributed by atoms with Gasteiger partial charge in [0.2, 0.25) is 5.91 Å². The number of nitrogens with zero attached hydrogens (tertiary/aromatic N) is 1. The third-order valence-corrected chi connectivity index (χ3v) is 4.50. The van der Waals surface area contributed by atoms with E-state index in [1.807, 2.05) is 42.5 Å². The number of hydrogen-bond acceptors (Lipinski definition) is 3. The highest BCUT2D eigenvalue weighted by molar-refractivity contribution is 5.81. The molecule has 2 aromatic carbocycles. The fraction of sp³-hybridized carbons (Fsp3) is 0.381. The van der Waals surface area contributed by atoms with E-state index < -0.39 is 6.04 Å². The fourth-order valence-electron chi connectivity index (χ4n) is 2.85. The largest absolute Gasteiger partial charge is 0.351 e. The molecule has 0 fully saturated rings. The van der Waals surface area contributed by atoms with Crippen molar-refractivity contribution in [3.63, 3.8) is 0 Å². The molecule has 2 aromatic rings. The van der Waals surface area contributed by atoms with Crippen molar-refractivity contribution in [3.05, 3.63) is 71.3 Å². The number of amides is 1. The Labute approximate surface area is 151 Å². The van der Waals surface area contributed by atoms with Gasteiger partial charge in [-0.05, 0) is 36.2 Å². The molecule has 0 aliphatic carbocycles. The highest BCUT2D eigenvalue weighted by Gasteiger charge is 2.14. The van der Waals surface area contributed by atoms with E-state index >= 15 is 0 Å². The topological polar surface area (TPSA) is 58.4 Å². The van der Waals surface area contributed by atoms with E-state index in [1.54, 1.807) is 0 Å². The molecule has 0 spiro atoms. The van der Waals surface area contributed by atoms with Gasteiger partial charge in [-0.15, -0.1) is 0 Å². The molecule has 4 nitrogen and oxygen atoms in total. The summed E-state index contributed by atoms with van der Waals surface area (Å²) in [4.78, 5) is 14.7. The van der Waals surface area contributed by atoms with Crippen LogP contribution in [-0.2, 0) is 24.3 Å². The fourth-order valence-corrected chi connectivity index (χ4v) is 2.85. The Hall–Kier alpha value is -2.17. The molecule has 0 radical (unpaired) electrons. The van der Waals surface area contributed by atoms with Gasteiger partial charge in [-0.3, -0.25) is 9.69 Å². The summed E-state index contributed by atoms with van der Waals surface area (Å²) in [7, 11) is 0. The van der Waals surface area contributed by atoms with Crippen LogP contribution in [0.4, 0.5) is 0 Å². The summed E-state index contributed by atoms with van der Waals surface area (Å²) in [6.45, 7) is 7.76. The molecular weight excluding hydrogens is 310 g/mol. The normalized spacial score (nSPS) is 12.2. The molecule has 1 atom stereocenters. The zero-order valence-corrected chi connectivity index (χ0v) is 15.2. The molecule has 0 saturated heterocycles. The minimum Gasteiger partial charge on any atom is -0.351 e. The summed E-state index contributed by atoms with van der Waals surface area (Å²) in [6.07, 6.45) is 0.549. The predicted octanol–water partition coefficient (Wildman–Crippen LogP) is 2.71. The summed E-state index contributed by atoms with van der Waals surface area (Å²) < 4.78 is 0. The predicted molar refractivity (Wildman–Crippen MR) is 103 cm³/mol. The van der Waals surface area contributed by atoms with Crippen LogP contribution in [0.5, 0.6) is 0 Å². The molecule has 0 bridgehead atoms. The van der Waals surface area contributed by atoms with Crippen molar-refractivity contribution < 1.29 is 4.79 Å². The van der Waals surface area contributed by atoms with Gasteiger partial charge in [-0.25, -0.2) is 0 Å². The van der Waals surface area contributed by atoms with E-state index in [0.717, 1.165) is 30.8 Å². The standard InChI is InChI=1S/C21H29N3O/c1-3-24(4-2)16-19-13-9-8-12-18(19)15-23-21(25)20(22)14-17-10-6-5-7-11-17/h5-13,20H,3-4,14-16,22H2,1-2H3,(H,23,25)/t20-/m0/s1. The number of rotatable bonds is 9. The van der Waals surface area contributed by atoms with Crippen molar-refractivity contribution in [2.45, 2.75) is 39.4 Å². The smallest absolute Gasteiger partial charge is 0.237 e. The summed E-state index contributed by atoms with van der Waals surface area (Å²) in [5, 5.41) is 2.99. The monoisotopic (exact) mass is 339 g/mol. The number of benzene rings is 2. The summed E-state index contributed by atoms with van der Waals surface area (Å²) in [5.74, 6) is -0.110. The van der Waals surface area contributed by atoms with Crippen molar-refractivity contribution in [2.75, 3.05) is 13.1 Å². The first kappa shape index (κ1) is 19.2. The third-order valence-electron chi connectivity index (χ3n) is 4.50. The van der Waals surface area contributed by atoms with Crippen molar-refractivity contribution in [2.24, 2.45) is 5.73 Å². The third kappa shape index (κ3) is 6.00. The molecule has 4 heteroatoms. The van der Waals surface area contributed by atoms with E-state index in [-0.39, 0.29) is 5.91 Å². The van der Waals surface area contributed by atoms with Gasteiger partial charge in [0.15, 0.2) is 0 Å². The maximum Gasteiger partial charge on any atom is 0.237 e. The molecule has 0 unspecified atom stereocenters. The van der Waals surface area contributed by atoms with E-state index in [1.165, 1.54) is 5.56 Å². The van der Waals surface area contributed by atoms with Crippen LogP contribution in [0.25, 0.3) is 0 Å². The van der Waals surface area contributed by atoms with Gasteiger partial charge in [0, 0.05) is 13.1 Å². The van der Waals surface area contributed by atoms with Gasteiger partial charge in [0.05, 0.1) is 6.04 Å². The van der Waals surface area contributed by atoms with Gasteiger partial charge < -0.3 is 11.1 Å². The average molecular weight is 339 g/mol. The quantitative estimate of drug-likeness (QED) is 0.738. The lowest BCUT2D eigenvalue weighted by Gasteiger charge is -2.20. The van der Waals surface area contributed by atoms with Crippen LogP contribution in [0.15, 0.2) is 54.6 Å². The number of hydrogen-bond donors (Lipinski definition) is 2. The maximum absolute atomic E-state index is 12.3. The first-order valence-corrected chi connectivity index (χ1v) is 9.00. The number of nitrogens with two attached hydrogens (primary N) is 1. The number of carbonyl (C=O) groups excluding carboxylic acids is 1. The molecule has 1 amide bonds. The maximum atomic E-state index is 12.3. The van der Waals surface area contributed by atoms with Gasteiger partial charge >= 0.3 is 0 Å². The van der Waals surface area contributed by atoms with Crippen LogP contribution in [0.1, 0.15) is 30.5 Å². The zero-order valence-electron chi connectivity index (χ0n) is 15.2. The summed E-state index contributed by atoms with van der Waals surface area (Å²) in [5.41, 5.74) is 9.53. The second-order valence-electron chi connectivity index (χ2n) is 6.24. The first-order valence-electron chi connectivity index (χ1n) is 9.00. The van der Waals surface area contributed by atoms with Crippen LogP contribution >= 0.6 is 0 Å². The molecular formula is C21H29N3O. The average Bonchev–Trinajstić information content (AvgIpc) is 2.65. The Morgan fingerprint density at radius 3 is 2.24 bits per heavy atom. The Bertz CT molecular complexity index is 653. The molecule has 3 N–H and O–H groups in total. The molecule has 25 heavy (non-hydrogen) atoms. The van der Waals surface area contributed by atoms with Crippen molar-refractivity contribution >= 4 is 5.91 Å². The van der Waals surface area contributed by atoms with E-state index in [9.17, 15) is 4.79 Å². The molecule has 2 rings (SSSR count). The van der Waals surface area contributed by atoms with Crippen LogP contribution in [0, 0.1) is 0 Å². The molecule has 0 aliphatic rings. The van der Waals surface area contributed by atoms with Crippen LogP contribution < -0.4 is 11.1 Å². The molecule has 134 valence electrons. The summed E-state index contributed by atoms with van der Waals surface area (Å²) in [6, 6.07) is 17.6. The van der Waals surface area contributed by atoms with Crippen LogP contribution in [0.3, 0.4) is 0 Å². The lowest BCUT2D eigenvalue weighted by Crippen LogP contribution is -2.41. The van der Waals surface area contributed by atoms with E-state index in [0.29, 0.717) is 13.0 Å². The highest BCUT2D eigenvalue weighted by Crippen LogP contribution is 2.12. The van der Waals surface area contributed by atoms with Crippen molar-refractivity contribution in [3.8, 4) is 0 Å². The van der Waals surface area contributed by atoms with E-state index in [2.05, 4.69) is 36.2 Å². The minimum absolute atomic E-state index is 0.110.